The van der Waals surface area contributed by atoms with Crippen LogP contribution in [0.25, 0.3) is 16.8 Å². The number of fused-ring (bicyclic) bond motifs is 1. The smallest absolute Gasteiger partial charge is 0.331 e. The molecule has 0 bridgehead atoms. The molecule has 0 saturated heterocycles. The quantitative estimate of drug-likeness (QED) is 0.474. The molecule has 0 heterocycles. The van der Waals surface area contributed by atoms with E-state index in [2.05, 4.69) is 5.32 Å². The molecular formula is C25H25NO3. The van der Waals surface area contributed by atoms with E-state index in [-0.39, 0.29) is 5.91 Å². The highest BCUT2D eigenvalue weighted by atomic mass is 16.5. The molecule has 3 aromatic carbocycles. The number of benzene rings is 3. The van der Waals surface area contributed by atoms with E-state index in [0.29, 0.717) is 0 Å². The fourth-order valence-electron chi connectivity index (χ4n) is 3.42. The Morgan fingerprint density at radius 2 is 1.62 bits per heavy atom. The van der Waals surface area contributed by atoms with Crippen LogP contribution in [0, 0.1) is 20.8 Å². The molecule has 0 aromatic heterocycles. The molecule has 0 saturated carbocycles. The zero-order valence-electron chi connectivity index (χ0n) is 17.2. The number of hydrogen-bond acceptors (Lipinski definition) is 3. The third-order valence-corrected chi connectivity index (χ3v) is 4.81. The maximum Gasteiger partial charge on any atom is 0.331 e. The Hall–Kier alpha value is -3.40. The van der Waals surface area contributed by atoms with Crippen LogP contribution in [0.2, 0.25) is 0 Å². The number of rotatable bonds is 5. The first-order chi connectivity index (χ1) is 13.8. The Morgan fingerprint density at radius 1 is 0.966 bits per heavy atom. The van der Waals surface area contributed by atoms with E-state index in [9.17, 15) is 9.59 Å². The molecule has 29 heavy (non-hydrogen) atoms. The summed E-state index contributed by atoms with van der Waals surface area (Å²) in [6, 6.07) is 17.9. The first-order valence-electron chi connectivity index (χ1n) is 9.60. The second-order valence-corrected chi connectivity index (χ2v) is 7.24. The Balaban J connectivity index is 1.66. The van der Waals surface area contributed by atoms with E-state index in [1.54, 1.807) is 13.0 Å². The minimum absolute atomic E-state index is 0.355. The van der Waals surface area contributed by atoms with Crippen LogP contribution in [-0.2, 0) is 14.3 Å². The van der Waals surface area contributed by atoms with Crippen LogP contribution in [0.3, 0.4) is 0 Å². The molecular weight excluding hydrogens is 362 g/mol. The molecule has 3 aromatic rings. The van der Waals surface area contributed by atoms with Crippen molar-refractivity contribution in [3.63, 3.8) is 0 Å². The van der Waals surface area contributed by atoms with Gasteiger partial charge in [0.2, 0.25) is 0 Å². The minimum Gasteiger partial charge on any atom is -0.449 e. The molecule has 4 nitrogen and oxygen atoms in total. The first kappa shape index (κ1) is 20.3. The van der Waals surface area contributed by atoms with Gasteiger partial charge in [-0.2, -0.15) is 0 Å². The molecule has 1 N–H and O–H groups in total. The minimum atomic E-state index is -0.903. The van der Waals surface area contributed by atoms with Gasteiger partial charge in [-0.25, -0.2) is 4.79 Å². The molecule has 4 heteroatoms. The monoisotopic (exact) mass is 387 g/mol. The van der Waals surface area contributed by atoms with Gasteiger partial charge in [-0.3, -0.25) is 4.79 Å². The third-order valence-electron chi connectivity index (χ3n) is 4.81. The van der Waals surface area contributed by atoms with Gasteiger partial charge in [0.1, 0.15) is 0 Å². The average molecular weight is 387 g/mol. The highest BCUT2D eigenvalue weighted by molar-refractivity contribution is 5.98. The number of nitrogens with one attached hydrogen (secondary N) is 1. The van der Waals surface area contributed by atoms with Crippen LogP contribution < -0.4 is 5.32 Å². The zero-order valence-corrected chi connectivity index (χ0v) is 17.2. The normalized spacial score (nSPS) is 12.1. The Bertz CT molecular complexity index is 1070. The molecule has 0 aliphatic rings. The van der Waals surface area contributed by atoms with Crippen LogP contribution in [0.15, 0.2) is 60.7 Å². The maximum atomic E-state index is 12.5. The van der Waals surface area contributed by atoms with E-state index in [1.165, 1.54) is 6.08 Å². The predicted molar refractivity (Wildman–Crippen MR) is 118 cm³/mol. The summed E-state index contributed by atoms with van der Waals surface area (Å²) in [4.78, 5) is 24.7. The van der Waals surface area contributed by atoms with E-state index < -0.39 is 12.1 Å². The van der Waals surface area contributed by atoms with Gasteiger partial charge in [-0.15, -0.1) is 0 Å². The highest BCUT2D eigenvalue weighted by Gasteiger charge is 2.18. The molecule has 0 aliphatic carbocycles. The lowest BCUT2D eigenvalue weighted by Gasteiger charge is -2.16. The Labute approximate surface area is 171 Å². The van der Waals surface area contributed by atoms with E-state index in [1.807, 2.05) is 75.4 Å². The molecule has 1 amide bonds. The number of carbonyl (C=O) groups excluding carboxylic acids is 2. The van der Waals surface area contributed by atoms with Crippen molar-refractivity contribution < 1.29 is 14.3 Å². The van der Waals surface area contributed by atoms with Crippen molar-refractivity contribution in [3.8, 4) is 0 Å². The second kappa shape index (κ2) is 8.74. The van der Waals surface area contributed by atoms with Gasteiger partial charge < -0.3 is 10.1 Å². The number of esters is 1. The molecule has 1 unspecified atom stereocenters. The summed E-state index contributed by atoms with van der Waals surface area (Å²) in [5, 5.41) is 5.02. The lowest BCUT2D eigenvalue weighted by atomic mass is 10.0. The van der Waals surface area contributed by atoms with Crippen molar-refractivity contribution in [2.24, 2.45) is 0 Å². The van der Waals surface area contributed by atoms with Crippen LogP contribution in [0.5, 0.6) is 0 Å². The number of carbonyl (C=O) groups is 2. The van der Waals surface area contributed by atoms with Crippen molar-refractivity contribution in [1.29, 1.82) is 0 Å². The summed E-state index contributed by atoms with van der Waals surface area (Å²) >= 11 is 0. The van der Waals surface area contributed by atoms with Crippen molar-refractivity contribution in [2.45, 2.75) is 33.8 Å². The van der Waals surface area contributed by atoms with Crippen LogP contribution in [-0.4, -0.2) is 18.0 Å². The molecule has 3 rings (SSSR count). The van der Waals surface area contributed by atoms with E-state index in [0.717, 1.165) is 38.7 Å². The average Bonchev–Trinajstić information content (AvgIpc) is 2.68. The van der Waals surface area contributed by atoms with Crippen LogP contribution >= 0.6 is 0 Å². The van der Waals surface area contributed by atoms with Crippen LogP contribution in [0.1, 0.15) is 29.2 Å². The fourth-order valence-corrected chi connectivity index (χ4v) is 3.42. The van der Waals surface area contributed by atoms with E-state index >= 15 is 0 Å². The number of aryl methyl sites for hydroxylation is 3. The molecule has 0 aliphatic heterocycles. The summed E-state index contributed by atoms with van der Waals surface area (Å²) < 4.78 is 5.28. The zero-order chi connectivity index (χ0) is 21.0. The topological polar surface area (TPSA) is 55.4 Å². The number of ether oxygens (including phenoxy) is 1. The molecule has 148 valence electrons. The van der Waals surface area contributed by atoms with Gasteiger partial charge in [0.05, 0.1) is 0 Å². The van der Waals surface area contributed by atoms with E-state index in [4.69, 9.17) is 4.74 Å². The van der Waals surface area contributed by atoms with Gasteiger partial charge in [0.25, 0.3) is 5.91 Å². The number of anilines is 1. The van der Waals surface area contributed by atoms with Gasteiger partial charge in [-0.1, -0.05) is 60.2 Å². The lowest BCUT2D eigenvalue weighted by molar-refractivity contribution is -0.148. The molecule has 0 radical (unpaired) electrons. The third kappa shape index (κ3) is 4.91. The Morgan fingerprint density at radius 3 is 2.34 bits per heavy atom. The number of amides is 1. The molecule has 0 fully saturated rings. The lowest BCUT2D eigenvalue weighted by Crippen LogP contribution is -2.30. The van der Waals surface area contributed by atoms with Gasteiger partial charge in [-0.05, 0) is 61.2 Å². The second-order valence-electron chi connectivity index (χ2n) is 7.24. The van der Waals surface area contributed by atoms with Crippen molar-refractivity contribution in [3.05, 3.63) is 82.9 Å². The standard InChI is InChI=1S/C25H25NO3/c1-16-14-17(2)24(18(3)15-16)26-25(28)19(4)29-23(27)13-12-21-10-7-9-20-8-5-6-11-22(20)21/h5-15,19H,1-4H3,(H,26,28). The summed E-state index contributed by atoms with van der Waals surface area (Å²) in [6.07, 6.45) is 2.16. The number of hydrogen-bond donors (Lipinski definition) is 1. The van der Waals surface area contributed by atoms with Gasteiger partial charge in [0.15, 0.2) is 6.10 Å². The van der Waals surface area contributed by atoms with Gasteiger partial charge in [0, 0.05) is 11.8 Å². The molecule has 1 atom stereocenters. The first-order valence-corrected chi connectivity index (χ1v) is 9.60. The fraction of sp³-hybridized carbons (Fsp3) is 0.200. The van der Waals surface area contributed by atoms with Crippen LogP contribution in [0.4, 0.5) is 5.69 Å². The predicted octanol–water partition coefficient (Wildman–Crippen LogP) is 5.35. The summed E-state index contributed by atoms with van der Waals surface area (Å²) in [7, 11) is 0. The summed E-state index contributed by atoms with van der Waals surface area (Å²) in [5.41, 5.74) is 4.77. The van der Waals surface area contributed by atoms with Crippen molar-refractivity contribution >= 4 is 34.4 Å². The molecule has 0 spiro atoms. The van der Waals surface area contributed by atoms with Crippen molar-refractivity contribution in [1.82, 2.24) is 0 Å². The maximum absolute atomic E-state index is 12.5. The van der Waals surface area contributed by atoms with Crippen molar-refractivity contribution in [2.75, 3.05) is 5.32 Å². The summed E-state index contributed by atoms with van der Waals surface area (Å²) in [5.74, 6) is -0.912. The van der Waals surface area contributed by atoms with Gasteiger partial charge >= 0.3 is 5.97 Å². The Kier molecular flexibility index (Phi) is 6.13. The summed E-state index contributed by atoms with van der Waals surface area (Å²) in [6.45, 7) is 7.47. The highest BCUT2D eigenvalue weighted by Crippen LogP contribution is 2.22. The SMILES string of the molecule is Cc1cc(C)c(NC(=O)C(C)OC(=O)C=Cc2cccc3ccccc23)c(C)c1. The largest absolute Gasteiger partial charge is 0.449 e.